The largest absolute Gasteiger partial charge is 0.403 e. The number of nitrogens with zero attached hydrogens (tertiary/aromatic N) is 1. The Labute approximate surface area is 92.3 Å². The van der Waals surface area contributed by atoms with Crippen LogP contribution in [0, 0.1) is 0 Å². The highest BCUT2D eigenvalue weighted by Crippen LogP contribution is 2.10. The smallest absolute Gasteiger partial charge is 0.278 e. The van der Waals surface area contributed by atoms with Crippen LogP contribution in [0.25, 0.3) is 0 Å². The Bertz CT molecular complexity index is 288. The van der Waals surface area contributed by atoms with E-state index in [-0.39, 0.29) is 11.8 Å². The summed E-state index contributed by atoms with van der Waals surface area (Å²) in [6.07, 6.45) is 4.66. The van der Waals surface area contributed by atoms with Gasteiger partial charge >= 0.3 is 0 Å². The Morgan fingerprint density at radius 3 is 2.67 bits per heavy atom. The Balaban J connectivity index is 2.23. The van der Waals surface area contributed by atoms with E-state index in [0.717, 1.165) is 19.3 Å². The summed E-state index contributed by atoms with van der Waals surface area (Å²) in [5, 5.41) is 0. The van der Waals surface area contributed by atoms with Gasteiger partial charge in [-0.15, -0.1) is 0 Å². The van der Waals surface area contributed by atoms with Crippen molar-refractivity contribution in [3.05, 3.63) is 11.6 Å². The summed E-state index contributed by atoms with van der Waals surface area (Å²) < 4.78 is 6.66. The molecule has 0 N–H and O–H groups in total. The molecule has 1 rings (SSSR count). The second-order valence-electron chi connectivity index (χ2n) is 3.64. The molecule has 0 bridgehead atoms. The molecule has 0 spiro atoms. The predicted molar refractivity (Wildman–Crippen MR) is 59.6 cm³/mol. The van der Waals surface area contributed by atoms with E-state index < -0.39 is 9.92 Å². The molecule has 2 amide bonds. The van der Waals surface area contributed by atoms with Gasteiger partial charge in [0.15, 0.2) is 0 Å². The second-order valence-corrected chi connectivity index (χ2v) is 4.94. The minimum atomic E-state index is -1.18. The van der Waals surface area contributed by atoms with E-state index in [9.17, 15) is 9.59 Å². The number of rotatable bonds is 6. The van der Waals surface area contributed by atoms with Crippen molar-refractivity contribution < 1.29 is 14.0 Å². The van der Waals surface area contributed by atoms with Gasteiger partial charge in [0, 0.05) is 18.3 Å². The lowest BCUT2D eigenvalue weighted by atomic mass is 10.3. The fraction of sp³-hybridized carbons (Fsp3) is 0.600. The number of amides is 2. The van der Waals surface area contributed by atoms with Crippen molar-refractivity contribution in [1.82, 2.24) is 4.57 Å². The zero-order valence-corrected chi connectivity index (χ0v) is 10.7. The van der Waals surface area contributed by atoms with Crippen LogP contribution in [0.2, 0.25) is 0 Å². The van der Waals surface area contributed by atoms with Crippen LogP contribution >= 0.6 is 0 Å². The van der Waals surface area contributed by atoms with Gasteiger partial charge in [-0.25, -0.2) is 0 Å². The lowest BCUT2D eigenvalue weighted by Crippen LogP contribution is -2.36. The van der Waals surface area contributed by atoms with Crippen molar-refractivity contribution in [3.63, 3.8) is 0 Å². The van der Waals surface area contributed by atoms with E-state index in [0.29, 0.717) is 12.2 Å². The molecule has 0 saturated carbocycles. The molecule has 1 aliphatic heterocycles. The minimum Gasteiger partial charge on any atom is -0.403 e. The maximum absolute atomic E-state index is 11.4. The Kier molecular flexibility index (Phi) is 4.71. The van der Waals surface area contributed by atoms with E-state index >= 15 is 0 Å². The van der Waals surface area contributed by atoms with Crippen molar-refractivity contribution in [2.75, 3.05) is 6.61 Å². The van der Waals surface area contributed by atoms with Crippen molar-refractivity contribution in [2.24, 2.45) is 0 Å². The van der Waals surface area contributed by atoms with Crippen LogP contribution in [0.5, 0.6) is 0 Å². The molecule has 0 aromatic heterocycles. The van der Waals surface area contributed by atoms with Crippen LogP contribution in [-0.2, 0) is 14.0 Å². The zero-order valence-electron chi connectivity index (χ0n) is 9.28. The van der Waals surface area contributed by atoms with Crippen molar-refractivity contribution in [2.45, 2.75) is 33.1 Å². The predicted octanol–water partition coefficient (Wildman–Crippen LogP) is 0.507. The molecule has 4 nitrogen and oxygen atoms in total. The molecule has 0 saturated heterocycles. The standard InChI is InChI=1S/C10H17NO3Si/c1-3-4-5-6-14-15-11-9(12)7-8(2)10(11)13/h7H,3-6,15H2,1-2H3. The van der Waals surface area contributed by atoms with Gasteiger partial charge in [0.1, 0.15) is 0 Å². The van der Waals surface area contributed by atoms with E-state index in [1.165, 1.54) is 10.6 Å². The van der Waals surface area contributed by atoms with E-state index in [4.69, 9.17) is 4.43 Å². The highest BCUT2D eigenvalue weighted by Gasteiger charge is 2.27. The molecule has 0 aliphatic carbocycles. The van der Waals surface area contributed by atoms with Crippen LogP contribution in [-0.4, -0.2) is 32.9 Å². The number of carbonyl (C=O) groups is 2. The van der Waals surface area contributed by atoms with E-state index in [1.807, 2.05) is 0 Å². The monoisotopic (exact) mass is 227 g/mol. The first kappa shape index (κ1) is 12.1. The molecule has 0 atom stereocenters. The van der Waals surface area contributed by atoms with Gasteiger partial charge < -0.3 is 4.43 Å². The first-order valence-corrected chi connectivity index (χ1v) is 6.49. The fourth-order valence-corrected chi connectivity index (χ4v) is 2.47. The summed E-state index contributed by atoms with van der Waals surface area (Å²) in [6, 6.07) is 0. The van der Waals surface area contributed by atoms with Crippen molar-refractivity contribution >= 4 is 21.7 Å². The molecular weight excluding hydrogens is 210 g/mol. The Morgan fingerprint density at radius 1 is 1.40 bits per heavy atom. The lowest BCUT2D eigenvalue weighted by Gasteiger charge is -2.13. The van der Waals surface area contributed by atoms with E-state index in [1.54, 1.807) is 6.92 Å². The molecule has 15 heavy (non-hydrogen) atoms. The summed E-state index contributed by atoms with van der Waals surface area (Å²) >= 11 is 0. The number of hydrogen-bond acceptors (Lipinski definition) is 3. The molecule has 0 aromatic carbocycles. The van der Waals surface area contributed by atoms with Gasteiger partial charge in [0.2, 0.25) is 11.8 Å². The van der Waals surface area contributed by atoms with Gasteiger partial charge in [-0.2, -0.15) is 0 Å². The average molecular weight is 227 g/mol. The van der Waals surface area contributed by atoms with Crippen LogP contribution in [0.1, 0.15) is 33.1 Å². The Hall–Kier alpha value is -0.943. The van der Waals surface area contributed by atoms with Gasteiger partial charge in [-0.1, -0.05) is 19.8 Å². The van der Waals surface area contributed by atoms with Crippen LogP contribution in [0.3, 0.4) is 0 Å². The van der Waals surface area contributed by atoms with Gasteiger partial charge in [-0.05, 0) is 13.3 Å². The Morgan fingerprint density at radius 2 is 2.13 bits per heavy atom. The first-order valence-electron chi connectivity index (χ1n) is 5.28. The van der Waals surface area contributed by atoms with E-state index in [2.05, 4.69) is 6.92 Å². The number of unbranched alkanes of at least 4 members (excludes halogenated alkanes) is 2. The lowest BCUT2D eigenvalue weighted by molar-refractivity contribution is -0.132. The molecule has 1 heterocycles. The SMILES string of the molecule is CCCCCO[SiH2]N1C(=O)C=C(C)C1=O. The third-order valence-corrected chi connectivity index (χ3v) is 3.63. The molecule has 0 fully saturated rings. The molecule has 84 valence electrons. The summed E-state index contributed by atoms with van der Waals surface area (Å²) in [6.45, 7) is 4.44. The molecule has 5 heteroatoms. The van der Waals surface area contributed by atoms with Crippen LogP contribution in [0.4, 0.5) is 0 Å². The van der Waals surface area contributed by atoms with Crippen LogP contribution < -0.4 is 0 Å². The van der Waals surface area contributed by atoms with Gasteiger partial charge in [-0.3, -0.25) is 14.2 Å². The van der Waals surface area contributed by atoms with Crippen molar-refractivity contribution in [3.8, 4) is 0 Å². The first-order chi connectivity index (χ1) is 7.16. The number of hydrogen-bond donors (Lipinski definition) is 0. The maximum atomic E-state index is 11.4. The van der Waals surface area contributed by atoms with Crippen LogP contribution in [0.15, 0.2) is 11.6 Å². The topological polar surface area (TPSA) is 46.6 Å². The molecule has 0 radical (unpaired) electrons. The summed E-state index contributed by atoms with van der Waals surface area (Å²) in [4.78, 5) is 22.7. The normalized spacial score (nSPS) is 16.9. The zero-order chi connectivity index (χ0) is 11.3. The van der Waals surface area contributed by atoms with Crippen molar-refractivity contribution in [1.29, 1.82) is 0 Å². The molecular formula is C10H17NO3Si. The molecule has 0 aromatic rings. The number of carbonyl (C=O) groups excluding carboxylic acids is 2. The average Bonchev–Trinajstić information content (AvgIpc) is 2.44. The summed E-state index contributed by atoms with van der Waals surface area (Å²) in [5.74, 6) is -0.387. The number of imide groups is 1. The third kappa shape index (κ3) is 3.28. The minimum absolute atomic E-state index is 0.179. The van der Waals surface area contributed by atoms with Gasteiger partial charge in [0.05, 0.1) is 0 Å². The maximum Gasteiger partial charge on any atom is 0.278 e. The summed E-state index contributed by atoms with van der Waals surface area (Å²) in [5.41, 5.74) is 0.518. The second kappa shape index (κ2) is 5.82. The summed E-state index contributed by atoms with van der Waals surface area (Å²) in [7, 11) is -1.18. The molecule has 1 aliphatic rings. The third-order valence-electron chi connectivity index (χ3n) is 2.30. The highest BCUT2D eigenvalue weighted by atomic mass is 28.2. The van der Waals surface area contributed by atoms with Gasteiger partial charge in [0.25, 0.3) is 9.92 Å². The fourth-order valence-electron chi connectivity index (χ4n) is 1.37. The quantitative estimate of drug-likeness (QED) is 0.377. The molecule has 0 unspecified atom stereocenters. The highest BCUT2D eigenvalue weighted by molar-refractivity contribution is 6.41.